The second-order valence-corrected chi connectivity index (χ2v) is 6.10. The van der Waals surface area contributed by atoms with Gasteiger partial charge in [-0.3, -0.25) is 4.79 Å². The molecule has 1 amide bonds. The Morgan fingerprint density at radius 1 is 1.16 bits per heavy atom. The number of benzene rings is 2. The average Bonchev–Trinajstić information content (AvgIpc) is 2.61. The van der Waals surface area contributed by atoms with Crippen molar-refractivity contribution in [3.8, 4) is 5.75 Å². The minimum absolute atomic E-state index is 0. The van der Waals surface area contributed by atoms with Crippen molar-refractivity contribution >= 4 is 18.3 Å². The summed E-state index contributed by atoms with van der Waals surface area (Å²) < 4.78 is 5.69. The molecule has 0 heterocycles. The topological polar surface area (TPSA) is 64.3 Å². The molecular weight excluding hydrogens is 336 g/mol. The molecule has 0 aliphatic rings. The Hall–Kier alpha value is -2.04. The normalized spacial score (nSPS) is 12.6. The van der Waals surface area contributed by atoms with E-state index in [4.69, 9.17) is 10.5 Å². The van der Waals surface area contributed by atoms with Crippen molar-refractivity contribution in [2.75, 3.05) is 6.61 Å². The molecule has 2 aromatic carbocycles. The smallest absolute Gasteiger partial charge is 0.244 e. The van der Waals surface area contributed by atoms with Gasteiger partial charge in [-0.2, -0.15) is 0 Å². The van der Waals surface area contributed by atoms with Crippen LogP contribution in [0.15, 0.2) is 54.6 Å². The Morgan fingerprint density at radius 2 is 1.88 bits per heavy atom. The fourth-order valence-corrected chi connectivity index (χ4v) is 2.36. The standard InChI is InChI=1S/C20H26N2O2.ClH/c1-3-4-13-24-18-12-8-9-16(14-18)15-22-19(23)20(2,21)17-10-6-5-7-11-17;/h5-12,14H,3-4,13,15,21H2,1-2H3,(H,22,23);1H. The van der Waals surface area contributed by atoms with Gasteiger partial charge in [0.2, 0.25) is 5.91 Å². The van der Waals surface area contributed by atoms with Gasteiger partial charge < -0.3 is 15.8 Å². The summed E-state index contributed by atoms with van der Waals surface area (Å²) in [5, 5.41) is 2.91. The Balaban J connectivity index is 0.00000312. The number of rotatable bonds is 8. The van der Waals surface area contributed by atoms with E-state index in [1.165, 1.54) is 0 Å². The van der Waals surface area contributed by atoms with Gasteiger partial charge in [0.1, 0.15) is 11.3 Å². The molecule has 5 heteroatoms. The number of hydrogen-bond acceptors (Lipinski definition) is 3. The number of halogens is 1. The average molecular weight is 363 g/mol. The second-order valence-electron chi connectivity index (χ2n) is 6.10. The molecule has 3 N–H and O–H groups in total. The van der Waals surface area contributed by atoms with Crippen LogP contribution < -0.4 is 15.8 Å². The predicted molar refractivity (Wildman–Crippen MR) is 104 cm³/mol. The zero-order chi connectivity index (χ0) is 17.4. The molecular formula is C20H27ClN2O2. The van der Waals surface area contributed by atoms with Gasteiger partial charge in [-0.25, -0.2) is 0 Å². The highest BCUT2D eigenvalue weighted by atomic mass is 35.5. The van der Waals surface area contributed by atoms with Crippen LogP contribution in [0.1, 0.15) is 37.8 Å². The summed E-state index contributed by atoms with van der Waals surface area (Å²) in [6, 6.07) is 17.2. The fraction of sp³-hybridized carbons (Fsp3) is 0.350. The number of hydrogen-bond donors (Lipinski definition) is 2. The first-order valence-electron chi connectivity index (χ1n) is 8.38. The van der Waals surface area contributed by atoms with Gasteiger partial charge in [0.25, 0.3) is 0 Å². The van der Waals surface area contributed by atoms with Crippen molar-refractivity contribution < 1.29 is 9.53 Å². The van der Waals surface area contributed by atoms with Crippen LogP contribution in [-0.4, -0.2) is 12.5 Å². The lowest BCUT2D eigenvalue weighted by Gasteiger charge is -2.24. The van der Waals surface area contributed by atoms with Gasteiger partial charge in [-0.1, -0.05) is 55.8 Å². The Labute approximate surface area is 156 Å². The van der Waals surface area contributed by atoms with E-state index in [0.29, 0.717) is 13.2 Å². The van der Waals surface area contributed by atoms with Crippen LogP contribution >= 0.6 is 12.4 Å². The number of amides is 1. The maximum Gasteiger partial charge on any atom is 0.244 e. The summed E-state index contributed by atoms with van der Waals surface area (Å²) in [7, 11) is 0. The van der Waals surface area contributed by atoms with Crippen LogP contribution in [0.5, 0.6) is 5.75 Å². The number of ether oxygens (including phenoxy) is 1. The number of nitrogens with one attached hydrogen (secondary N) is 1. The van der Waals surface area contributed by atoms with Gasteiger partial charge in [0.05, 0.1) is 6.61 Å². The maximum atomic E-state index is 12.5. The summed E-state index contributed by atoms with van der Waals surface area (Å²) in [5.41, 5.74) is 6.94. The SMILES string of the molecule is CCCCOc1cccc(CNC(=O)C(C)(N)c2ccccc2)c1.Cl. The van der Waals surface area contributed by atoms with E-state index < -0.39 is 5.54 Å². The largest absolute Gasteiger partial charge is 0.494 e. The van der Waals surface area contributed by atoms with E-state index in [9.17, 15) is 4.79 Å². The molecule has 25 heavy (non-hydrogen) atoms. The van der Waals surface area contributed by atoms with Crippen molar-refractivity contribution in [2.45, 2.75) is 38.8 Å². The van der Waals surface area contributed by atoms with Crippen LogP contribution in [0.2, 0.25) is 0 Å². The molecule has 4 nitrogen and oxygen atoms in total. The molecule has 0 aliphatic heterocycles. The van der Waals surface area contributed by atoms with Gasteiger partial charge in [0, 0.05) is 6.54 Å². The Morgan fingerprint density at radius 3 is 2.56 bits per heavy atom. The minimum Gasteiger partial charge on any atom is -0.494 e. The zero-order valence-corrected chi connectivity index (χ0v) is 15.6. The number of nitrogens with two attached hydrogens (primary N) is 1. The fourth-order valence-electron chi connectivity index (χ4n) is 2.36. The second kappa shape index (κ2) is 10.1. The summed E-state index contributed by atoms with van der Waals surface area (Å²) >= 11 is 0. The van der Waals surface area contributed by atoms with E-state index in [1.807, 2.05) is 54.6 Å². The molecule has 1 atom stereocenters. The van der Waals surface area contributed by atoms with Crippen molar-refractivity contribution in [1.82, 2.24) is 5.32 Å². The molecule has 1 unspecified atom stereocenters. The molecule has 2 aromatic rings. The van der Waals surface area contributed by atoms with Gasteiger partial charge in [-0.05, 0) is 36.6 Å². The Kier molecular flexibility index (Phi) is 8.46. The molecule has 0 bridgehead atoms. The molecule has 0 fully saturated rings. The van der Waals surface area contributed by atoms with Crippen LogP contribution in [0.4, 0.5) is 0 Å². The van der Waals surface area contributed by atoms with Gasteiger partial charge in [0.15, 0.2) is 0 Å². The first kappa shape index (κ1) is 21.0. The van der Waals surface area contributed by atoms with Gasteiger partial charge in [-0.15, -0.1) is 12.4 Å². The van der Waals surface area contributed by atoms with Crippen LogP contribution in [0, 0.1) is 0 Å². The lowest BCUT2D eigenvalue weighted by atomic mass is 9.92. The van der Waals surface area contributed by atoms with E-state index >= 15 is 0 Å². The first-order chi connectivity index (χ1) is 11.5. The third-order valence-corrected chi connectivity index (χ3v) is 3.96. The van der Waals surface area contributed by atoms with E-state index in [2.05, 4.69) is 12.2 Å². The highest BCUT2D eigenvalue weighted by molar-refractivity contribution is 5.87. The maximum absolute atomic E-state index is 12.5. The van der Waals surface area contributed by atoms with E-state index in [-0.39, 0.29) is 18.3 Å². The molecule has 0 spiro atoms. The van der Waals surface area contributed by atoms with Crippen molar-refractivity contribution in [3.05, 3.63) is 65.7 Å². The summed E-state index contributed by atoms with van der Waals surface area (Å²) in [6.07, 6.45) is 2.13. The third-order valence-electron chi connectivity index (χ3n) is 3.96. The zero-order valence-electron chi connectivity index (χ0n) is 14.8. The lowest BCUT2D eigenvalue weighted by Crippen LogP contribution is -2.48. The first-order valence-corrected chi connectivity index (χ1v) is 8.38. The quantitative estimate of drug-likeness (QED) is 0.702. The van der Waals surface area contributed by atoms with Crippen molar-refractivity contribution in [1.29, 1.82) is 0 Å². The molecule has 136 valence electrons. The summed E-state index contributed by atoms with van der Waals surface area (Å²) in [5.74, 6) is 0.625. The van der Waals surface area contributed by atoms with Crippen LogP contribution in [-0.2, 0) is 16.9 Å². The Bertz CT molecular complexity index is 660. The monoisotopic (exact) mass is 362 g/mol. The minimum atomic E-state index is -1.06. The number of carbonyl (C=O) groups excluding carboxylic acids is 1. The third kappa shape index (κ3) is 6.07. The highest BCUT2D eigenvalue weighted by Crippen LogP contribution is 2.18. The summed E-state index contributed by atoms with van der Waals surface area (Å²) in [6.45, 7) is 4.98. The number of unbranched alkanes of at least 4 members (excludes halogenated alkanes) is 1. The number of carbonyl (C=O) groups is 1. The van der Waals surface area contributed by atoms with Crippen molar-refractivity contribution in [2.24, 2.45) is 5.73 Å². The molecule has 0 radical (unpaired) electrons. The molecule has 0 saturated heterocycles. The van der Waals surface area contributed by atoms with E-state index in [0.717, 1.165) is 29.7 Å². The highest BCUT2D eigenvalue weighted by Gasteiger charge is 2.29. The summed E-state index contributed by atoms with van der Waals surface area (Å²) in [4.78, 5) is 12.5. The molecule has 0 aromatic heterocycles. The van der Waals surface area contributed by atoms with Gasteiger partial charge >= 0.3 is 0 Å². The van der Waals surface area contributed by atoms with Crippen LogP contribution in [0.25, 0.3) is 0 Å². The molecule has 0 saturated carbocycles. The lowest BCUT2D eigenvalue weighted by molar-refractivity contribution is -0.126. The predicted octanol–water partition coefficient (Wildman–Crippen LogP) is 3.78. The van der Waals surface area contributed by atoms with Crippen molar-refractivity contribution in [3.63, 3.8) is 0 Å². The molecule has 2 rings (SSSR count). The van der Waals surface area contributed by atoms with E-state index in [1.54, 1.807) is 6.92 Å². The molecule has 0 aliphatic carbocycles. The van der Waals surface area contributed by atoms with Crippen LogP contribution in [0.3, 0.4) is 0 Å².